The van der Waals surface area contributed by atoms with E-state index in [0.29, 0.717) is 18.1 Å². The molecule has 2 nitrogen and oxygen atoms in total. The topological polar surface area (TPSA) is 21.3 Å². The summed E-state index contributed by atoms with van der Waals surface area (Å²) in [4.78, 5) is 0. The second-order valence-corrected chi connectivity index (χ2v) is 5.58. The van der Waals surface area contributed by atoms with Crippen LogP contribution in [0.15, 0.2) is 18.2 Å². The lowest BCUT2D eigenvalue weighted by Gasteiger charge is -2.24. The highest BCUT2D eigenvalue weighted by atomic mass is 19.1. The fraction of sp³-hybridized carbons (Fsp3) is 0.625. The van der Waals surface area contributed by atoms with E-state index in [2.05, 4.69) is 19.2 Å². The lowest BCUT2D eigenvalue weighted by molar-refractivity contribution is 0.117. The Kier molecular flexibility index (Phi) is 4.94. The van der Waals surface area contributed by atoms with Crippen LogP contribution in [-0.2, 0) is 11.2 Å². The van der Waals surface area contributed by atoms with Gasteiger partial charge in [-0.3, -0.25) is 0 Å². The van der Waals surface area contributed by atoms with Gasteiger partial charge in [-0.15, -0.1) is 0 Å². The first-order valence-electron chi connectivity index (χ1n) is 7.20. The second kappa shape index (κ2) is 6.49. The summed E-state index contributed by atoms with van der Waals surface area (Å²) < 4.78 is 18.8. The third-order valence-corrected chi connectivity index (χ3v) is 4.01. The predicted octanol–water partition coefficient (Wildman–Crippen LogP) is 3.08. The molecule has 3 heteroatoms. The Balaban J connectivity index is 2.07. The fourth-order valence-electron chi connectivity index (χ4n) is 2.92. The van der Waals surface area contributed by atoms with Gasteiger partial charge in [-0.1, -0.05) is 13.0 Å². The minimum absolute atomic E-state index is 0.154. The van der Waals surface area contributed by atoms with Crippen LogP contribution in [-0.4, -0.2) is 25.3 Å². The van der Waals surface area contributed by atoms with E-state index in [-0.39, 0.29) is 5.82 Å². The molecule has 0 spiro atoms. The molecule has 0 aromatic heterocycles. The van der Waals surface area contributed by atoms with E-state index < -0.39 is 0 Å². The van der Waals surface area contributed by atoms with E-state index in [1.54, 1.807) is 12.1 Å². The standard InChI is InChI=1S/C16H24FNO/c1-4-18-16(14-8-12(3)19-10-14)9-13-5-6-15(17)7-11(13)2/h5-7,12,14,16,18H,4,8-10H2,1-3H3. The number of halogens is 1. The SMILES string of the molecule is CCNC(Cc1ccc(F)cc1C)C1COC(C)C1. The monoisotopic (exact) mass is 265 g/mol. The van der Waals surface area contributed by atoms with Gasteiger partial charge in [-0.05, 0) is 56.5 Å². The summed E-state index contributed by atoms with van der Waals surface area (Å²) in [6, 6.07) is 5.50. The number of aryl methyl sites for hydroxylation is 1. The molecule has 1 aromatic carbocycles. The van der Waals surface area contributed by atoms with E-state index in [4.69, 9.17) is 4.74 Å². The lowest BCUT2D eigenvalue weighted by Crippen LogP contribution is -2.38. The second-order valence-electron chi connectivity index (χ2n) is 5.58. The first-order valence-corrected chi connectivity index (χ1v) is 7.20. The molecule has 0 bridgehead atoms. The van der Waals surface area contributed by atoms with E-state index in [0.717, 1.165) is 31.6 Å². The van der Waals surface area contributed by atoms with Gasteiger partial charge in [0.2, 0.25) is 0 Å². The van der Waals surface area contributed by atoms with Gasteiger partial charge >= 0.3 is 0 Å². The van der Waals surface area contributed by atoms with Crippen LogP contribution in [0.25, 0.3) is 0 Å². The Bertz CT molecular complexity index is 421. The third-order valence-electron chi connectivity index (χ3n) is 4.01. The largest absolute Gasteiger partial charge is 0.378 e. The molecule has 106 valence electrons. The van der Waals surface area contributed by atoms with Crippen LogP contribution in [0.4, 0.5) is 4.39 Å². The molecule has 0 amide bonds. The zero-order valence-corrected chi connectivity index (χ0v) is 12.1. The minimum Gasteiger partial charge on any atom is -0.378 e. The molecule has 2 rings (SSSR count). The van der Waals surface area contributed by atoms with E-state index in [1.807, 2.05) is 13.0 Å². The summed E-state index contributed by atoms with van der Waals surface area (Å²) in [5.41, 5.74) is 2.27. The minimum atomic E-state index is -0.154. The van der Waals surface area contributed by atoms with E-state index >= 15 is 0 Å². The van der Waals surface area contributed by atoms with E-state index in [1.165, 1.54) is 5.56 Å². The maximum Gasteiger partial charge on any atom is 0.123 e. The molecular formula is C16H24FNO. The van der Waals surface area contributed by atoms with Crippen molar-refractivity contribution >= 4 is 0 Å². The van der Waals surface area contributed by atoms with Gasteiger partial charge in [0.1, 0.15) is 5.82 Å². The van der Waals surface area contributed by atoms with Gasteiger partial charge in [0, 0.05) is 12.0 Å². The van der Waals surface area contributed by atoms with Crippen LogP contribution >= 0.6 is 0 Å². The van der Waals surface area contributed by atoms with Gasteiger partial charge < -0.3 is 10.1 Å². The van der Waals surface area contributed by atoms with Crippen molar-refractivity contribution in [3.63, 3.8) is 0 Å². The van der Waals surface area contributed by atoms with Crippen molar-refractivity contribution in [1.29, 1.82) is 0 Å². The molecule has 1 fully saturated rings. The van der Waals surface area contributed by atoms with Crippen molar-refractivity contribution in [3.05, 3.63) is 35.1 Å². The lowest BCUT2D eigenvalue weighted by atomic mass is 9.90. The highest BCUT2D eigenvalue weighted by Gasteiger charge is 2.29. The Labute approximate surface area is 115 Å². The van der Waals surface area contributed by atoms with Crippen LogP contribution in [0.3, 0.4) is 0 Å². The molecule has 1 aliphatic heterocycles. The summed E-state index contributed by atoms with van der Waals surface area (Å²) >= 11 is 0. The number of rotatable bonds is 5. The molecule has 1 saturated heterocycles. The van der Waals surface area contributed by atoms with Crippen molar-refractivity contribution < 1.29 is 9.13 Å². The van der Waals surface area contributed by atoms with Crippen LogP contribution in [0, 0.1) is 18.7 Å². The molecule has 1 heterocycles. The first kappa shape index (κ1) is 14.5. The maximum absolute atomic E-state index is 13.1. The average molecular weight is 265 g/mol. The maximum atomic E-state index is 13.1. The molecule has 0 aliphatic carbocycles. The quantitative estimate of drug-likeness (QED) is 0.883. The van der Waals surface area contributed by atoms with Crippen LogP contribution in [0.1, 0.15) is 31.4 Å². The third kappa shape index (κ3) is 3.77. The Morgan fingerprint density at radius 2 is 2.26 bits per heavy atom. The van der Waals surface area contributed by atoms with Crippen LogP contribution in [0.5, 0.6) is 0 Å². The summed E-state index contributed by atoms with van der Waals surface area (Å²) in [5, 5.41) is 3.56. The average Bonchev–Trinajstić information content (AvgIpc) is 2.78. The Hall–Kier alpha value is -0.930. The number of hydrogen-bond acceptors (Lipinski definition) is 2. The smallest absolute Gasteiger partial charge is 0.123 e. The number of benzene rings is 1. The van der Waals surface area contributed by atoms with Crippen molar-refractivity contribution in [2.24, 2.45) is 5.92 Å². The van der Waals surface area contributed by atoms with Crippen molar-refractivity contribution in [2.45, 2.75) is 45.8 Å². The molecule has 19 heavy (non-hydrogen) atoms. The molecule has 1 aliphatic rings. The number of nitrogens with one attached hydrogen (secondary N) is 1. The number of likely N-dealkylation sites (N-methyl/N-ethyl adjacent to an activating group) is 1. The van der Waals surface area contributed by atoms with Crippen LogP contribution in [0.2, 0.25) is 0 Å². The molecular weight excluding hydrogens is 241 g/mol. The van der Waals surface area contributed by atoms with Gasteiger partial charge in [0.05, 0.1) is 12.7 Å². The van der Waals surface area contributed by atoms with Gasteiger partial charge in [-0.2, -0.15) is 0 Å². The summed E-state index contributed by atoms with van der Waals surface area (Å²) in [6.07, 6.45) is 2.42. The van der Waals surface area contributed by atoms with Crippen LogP contribution < -0.4 is 5.32 Å². The fourth-order valence-corrected chi connectivity index (χ4v) is 2.92. The molecule has 1 N–H and O–H groups in total. The number of hydrogen-bond donors (Lipinski definition) is 1. The normalized spacial score (nSPS) is 24.6. The summed E-state index contributed by atoms with van der Waals surface area (Å²) in [6.45, 7) is 8.03. The Morgan fingerprint density at radius 1 is 1.47 bits per heavy atom. The van der Waals surface area contributed by atoms with Gasteiger partial charge in [0.25, 0.3) is 0 Å². The zero-order chi connectivity index (χ0) is 13.8. The molecule has 0 saturated carbocycles. The highest BCUT2D eigenvalue weighted by Crippen LogP contribution is 2.25. The van der Waals surface area contributed by atoms with Crippen molar-refractivity contribution in [3.8, 4) is 0 Å². The predicted molar refractivity (Wildman–Crippen MR) is 75.8 cm³/mol. The Morgan fingerprint density at radius 3 is 2.84 bits per heavy atom. The molecule has 3 unspecified atom stereocenters. The van der Waals surface area contributed by atoms with E-state index in [9.17, 15) is 4.39 Å². The van der Waals surface area contributed by atoms with Crippen molar-refractivity contribution in [1.82, 2.24) is 5.32 Å². The van der Waals surface area contributed by atoms with Gasteiger partial charge in [-0.25, -0.2) is 4.39 Å². The summed E-state index contributed by atoms with van der Waals surface area (Å²) in [7, 11) is 0. The number of ether oxygens (including phenoxy) is 1. The summed E-state index contributed by atoms with van der Waals surface area (Å²) in [5.74, 6) is 0.401. The highest BCUT2D eigenvalue weighted by molar-refractivity contribution is 5.27. The first-order chi connectivity index (χ1) is 9.10. The van der Waals surface area contributed by atoms with Crippen molar-refractivity contribution in [2.75, 3.05) is 13.2 Å². The van der Waals surface area contributed by atoms with Gasteiger partial charge in [0.15, 0.2) is 0 Å². The molecule has 0 radical (unpaired) electrons. The molecule has 3 atom stereocenters. The zero-order valence-electron chi connectivity index (χ0n) is 12.1. The molecule has 1 aromatic rings.